The van der Waals surface area contributed by atoms with E-state index >= 15 is 0 Å². The van der Waals surface area contributed by atoms with E-state index in [0.717, 1.165) is 0 Å². The average molecular weight is 402 g/mol. The van der Waals surface area contributed by atoms with E-state index in [9.17, 15) is 19.2 Å². The fourth-order valence-electron chi connectivity index (χ4n) is 3.35. The Hall–Kier alpha value is -2.20. The number of ether oxygens (including phenoxy) is 6. The summed E-state index contributed by atoms with van der Waals surface area (Å²) in [5.41, 5.74) is 0. The molecule has 0 bridgehead atoms. The van der Waals surface area contributed by atoms with Crippen LogP contribution in [0.3, 0.4) is 0 Å². The van der Waals surface area contributed by atoms with Crippen LogP contribution in [0, 0.1) is 0 Å². The smallest absolute Gasteiger partial charge is 0.303 e. The van der Waals surface area contributed by atoms with E-state index in [1.165, 1.54) is 27.7 Å². The highest BCUT2D eigenvalue weighted by molar-refractivity contribution is 5.67. The van der Waals surface area contributed by atoms with Crippen LogP contribution < -0.4 is 0 Å². The van der Waals surface area contributed by atoms with Crippen LogP contribution in [-0.2, 0) is 47.6 Å². The number of esters is 4. The molecular weight excluding hydrogens is 376 g/mol. The molecule has 0 saturated carbocycles. The van der Waals surface area contributed by atoms with Crippen molar-refractivity contribution in [2.45, 2.75) is 77.2 Å². The van der Waals surface area contributed by atoms with Gasteiger partial charge in [0.25, 0.3) is 0 Å². The Balaban J connectivity index is 1.95. The standard InChI is InChI=1S/C18H26O10/c1-9(19)23-7-17(25-11(3)21)15-5-13-14(27-15)6-16(28-13)18(26-12(4)22)8-24-10(2)20/h13-18H,5-8H2,1-4H3/t13-,14-,15-,16+,17-,18-/m1/s1. The van der Waals surface area contributed by atoms with E-state index in [4.69, 9.17) is 28.4 Å². The van der Waals surface area contributed by atoms with Gasteiger partial charge in [-0.2, -0.15) is 0 Å². The summed E-state index contributed by atoms with van der Waals surface area (Å²) < 4.78 is 32.2. The monoisotopic (exact) mass is 402 g/mol. The Morgan fingerprint density at radius 2 is 1.07 bits per heavy atom. The lowest BCUT2D eigenvalue weighted by Crippen LogP contribution is -2.39. The zero-order valence-corrected chi connectivity index (χ0v) is 16.4. The Morgan fingerprint density at radius 3 is 1.36 bits per heavy atom. The molecule has 0 unspecified atom stereocenters. The molecule has 0 amide bonds. The van der Waals surface area contributed by atoms with E-state index in [0.29, 0.717) is 12.8 Å². The van der Waals surface area contributed by atoms with Gasteiger partial charge in [-0.15, -0.1) is 0 Å². The largest absolute Gasteiger partial charge is 0.462 e. The van der Waals surface area contributed by atoms with Gasteiger partial charge in [0.2, 0.25) is 0 Å². The van der Waals surface area contributed by atoms with Crippen molar-refractivity contribution >= 4 is 23.9 Å². The molecule has 2 rings (SSSR count). The molecule has 0 aromatic carbocycles. The molecule has 0 aliphatic carbocycles. The molecule has 2 heterocycles. The third kappa shape index (κ3) is 6.45. The molecule has 10 heteroatoms. The van der Waals surface area contributed by atoms with Crippen molar-refractivity contribution in [2.24, 2.45) is 0 Å². The van der Waals surface area contributed by atoms with Gasteiger partial charge in [-0.05, 0) is 0 Å². The molecule has 0 spiro atoms. The van der Waals surface area contributed by atoms with Crippen molar-refractivity contribution in [2.75, 3.05) is 13.2 Å². The van der Waals surface area contributed by atoms with Gasteiger partial charge in [0, 0.05) is 40.5 Å². The van der Waals surface area contributed by atoms with Crippen molar-refractivity contribution in [3.8, 4) is 0 Å². The third-order valence-corrected chi connectivity index (χ3v) is 4.41. The maximum absolute atomic E-state index is 11.3. The molecule has 2 saturated heterocycles. The minimum Gasteiger partial charge on any atom is -0.462 e. The van der Waals surface area contributed by atoms with Crippen LogP contribution in [0.2, 0.25) is 0 Å². The molecule has 2 aliphatic rings. The highest BCUT2D eigenvalue weighted by atomic mass is 16.6. The number of hydrogen-bond acceptors (Lipinski definition) is 10. The second kappa shape index (κ2) is 9.83. The number of rotatable bonds is 8. The molecular formula is C18H26O10. The molecule has 28 heavy (non-hydrogen) atoms. The van der Waals surface area contributed by atoms with Gasteiger partial charge < -0.3 is 28.4 Å². The van der Waals surface area contributed by atoms with Crippen LogP contribution >= 0.6 is 0 Å². The van der Waals surface area contributed by atoms with Gasteiger partial charge in [0.05, 0.1) is 12.2 Å². The van der Waals surface area contributed by atoms with Crippen LogP contribution in [0.1, 0.15) is 40.5 Å². The summed E-state index contributed by atoms with van der Waals surface area (Å²) >= 11 is 0. The molecule has 0 N–H and O–H groups in total. The molecule has 2 aliphatic heterocycles. The molecule has 158 valence electrons. The van der Waals surface area contributed by atoms with Crippen LogP contribution in [0.5, 0.6) is 0 Å². The topological polar surface area (TPSA) is 124 Å². The SMILES string of the molecule is CC(=O)OC[C@@H](OC(C)=O)[C@@H]1C[C@H]2O[C@@H]([C@@H](COC(C)=O)OC(C)=O)C[C@H]2O1. The lowest BCUT2D eigenvalue weighted by molar-refractivity contribution is -0.168. The Kier molecular flexibility index (Phi) is 7.76. The first-order valence-electron chi connectivity index (χ1n) is 9.07. The first kappa shape index (κ1) is 22.1. The number of carbonyl (C=O) groups excluding carboxylic acids is 4. The van der Waals surface area contributed by atoms with E-state index < -0.39 is 48.3 Å². The normalized spacial score (nSPS) is 28.0. The first-order chi connectivity index (χ1) is 13.2. The summed E-state index contributed by atoms with van der Waals surface area (Å²) in [7, 11) is 0. The number of hydrogen-bond donors (Lipinski definition) is 0. The average Bonchev–Trinajstić information content (AvgIpc) is 3.13. The van der Waals surface area contributed by atoms with Crippen molar-refractivity contribution in [3.63, 3.8) is 0 Å². The lowest BCUT2D eigenvalue weighted by Gasteiger charge is -2.26. The van der Waals surface area contributed by atoms with Gasteiger partial charge in [-0.3, -0.25) is 19.2 Å². The molecule has 0 aromatic rings. The van der Waals surface area contributed by atoms with Crippen LogP contribution in [0.15, 0.2) is 0 Å². The minimum atomic E-state index is -0.737. The Bertz CT molecular complexity index is 539. The Morgan fingerprint density at radius 1 is 0.714 bits per heavy atom. The van der Waals surface area contributed by atoms with Crippen LogP contribution in [0.4, 0.5) is 0 Å². The summed E-state index contributed by atoms with van der Waals surface area (Å²) in [6.45, 7) is 4.85. The van der Waals surface area contributed by atoms with Crippen molar-refractivity contribution in [1.29, 1.82) is 0 Å². The summed E-state index contributed by atoms with van der Waals surface area (Å²) in [6, 6.07) is 0. The first-order valence-corrected chi connectivity index (χ1v) is 9.07. The Labute approximate surface area is 162 Å². The third-order valence-electron chi connectivity index (χ3n) is 4.41. The van der Waals surface area contributed by atoms with Crippen LogP contribution in [-0.4, -0.2) is 73.7 Å². The predicted molar refractivity (Wildman–Crippen MR) is 90.9 cm³/mol. The molecule has 6 atom stereocenters. The lowest BCUT2D eigenvalue weighted by atomic mass is 10.1. The summed E-state index contributed by atoms with van der Waals surface area (Å²) in [6.07, 6.45) is -2.22. The van der Waals surface area contributed by atoms with Gasteiger partial charge in [0.15, 0.2) is 12.2 Å². The zero-order valence-electron chi connectivity index (χ0n) is 16.4. The molecule has 2 fully saturated rings. The highest BCUT2D eigenvalue weighted by Gasteiger charge is 2.49. The maximum atomic E-state index is 11.3. The second-order valence-electron chi connectivity index (χ2n) is 6.80. The van der Waals surface area contributed by atoms with Crippen LogP contribution in [0.25, 0.3) is 0 Å². The highest BCUT2D eigenvalue weighted by Crippen LogP contribution is 2.37. The molecule has 0 aromatic heterocycles. The van der Waals surface area contributed by atoms with E-state index in [1.54, 1.807) is 0 Å². The zero-order chi connectivity index (χ0) is 20.8. The second-order valence-corrected chi connectivity index (χ2v) is 6.80. The fourth-order valence-corrected chi connectivity index (χ4v) is 3.35. The minimum absolute atomic E-state index is 0.106. The number of carbonyl (C=O) groups is 4. The van der Waals surface area contributed by atoms with Crippen molar-refractivity contribution < 1.29 is 47.6 Å². The summed E-state index contributed by atoms with van der Waals surface area (Å²) in [4.78, 5) is 44.8. The van der Waals surface area contributed by atoms with Crippen molar-refractivity contribution in [3.05, 3.63) is 0 Å². The van der Waals surface area contributed by atoms with Crippen molar-refractivity contribution in [1.82, 2.24) is 0 Å². The van der Waals surface area contributed by atoms with Gasteiger partial charge >= 0.3 is 23.9 Å². The van der Waals surface area contributed by atoms with Gasteiger partial charge in [0.1, 0.15) is 25.4 Å². The van der Waals surface area contributed by atoms with Gasteiger partial charge in [-0.25, -0.2) is 0 Å². The quantitative estimate of drug-likeness (QED) is 0.413. The molecule has 0 radical (unpaired) electrons. The van der Waals surface area contributed by atoms with Gasteiger partial charge in [-0.1, -0.05) is 0 Å². The summed E-state index contributed by atoms with van der Waals surface area (Å²) in [5.74, 6) is -1.98. The summed E-state index contributed by atoms with van der Waals surface area (Å²) in [5, 5.41) is 0. The predicted octanol–water partition coefficient (Wildman–Crippen LogP) is 0.291. The fraction of sp³-hybridized carbons (Fsp3) is 0.778. The van der Waals surface area contributed by atoms with E-state index in [-0.39, 0.29) is 25.4 Å². The molecule has 10 nitrogen and oxygen atoms in total. The maximum Gasteiger partial charge on any atom is 0.303 e. The number of fused-ring (bicyclic) bond motifs is 1. The van der Waals surface area contributed by atoms with E-state index in [1.807, 2.05) is 0 Å². The van der Waals surface area contributed by atoms with E-state index in [2.05, 4.69) is 0 Å².